The summed E-state index contributed by atoms with van der Waals surface area (Å²) in [5.74, 6) is -0.830. The molecule has 0 unspecified atom stereocenters. The van der Waals surface area contributed by atoms with Crippen LogP contribution < -0.4 is 0 Å². The zero-order valence-electron chi connectivity index (χ0n) is 21.7. The van der Waals surface area contributed by atoms with Crippen LogP contribution in [0, 0.1) is 0 Å². The van der Waals surface area contributed by atoms with E-state index in [1.165, 1.54) is 88.7 Å². The van der Waals surface area contributed by atoms with Crippen molar-refractivity contribution in [2.24, 2.45) is 0 Å². The summed E-state index contributed by atoms with van der Waals surface area (Å²) in [5, 5.41) is 11.8. The van der Waals surface area contributed by atoms with Crippen molar-refractivity contribution in [3.8, 4) is 39.0 Å². The smallest absolute Gasteiger partial charge is 0.345 e. The molecule has 0 amide bonds. The van der Waals surface area contributed by atoms with Gasteiger partial charge in [0.25, 0.3) is 0 Å². The average molecular weight is 597 g/mol. The normalized spacial score (nSPS) is 11.4. The Hall–Kier alpha value is -2.03. The van der Waals surface area contributed by atoms with Gasteiger partial charge in [-0.25, -0.2) is 4.79 Å². The standard InChI is InChI=1S/C31H32O2S5/c1-3-5-7-9-20-17-18-34-29(20)26-15-13-24(36-26)22-11-12-23(35-22)25-14-16-27(37-25)30-21(10-8-6-4-2)19-28(38-30)31(32)33/h11-19H,3-10H2,1-2H3,(H,32,33). The molecule has 7 heteroatoms. The van der Waals surface area contributed by atoms with Gasteiger partial charge in [0.15, 0.2) is 0 Å². The second-order valence-corrected chi connectivity index (χ2v) is 14.7. The van der Waals surface area contributed by atoms with Crippen LogP contribution in [-0.4, -0.2) is 11.1 Å². The summed E-state index contributed by atoms with van der Waals surface area (Å²) in [6, 6.07) is 17.6. The van der Waals surface area contributed by atoms with E-state index < -0.39 is 5.97 Å². The zero-order valence-corrected chi connectivity index (χ0v) is 25.8. The number of hydrogen-bond acceptors (Lipinski definition) is 6. The lowest BCUT2D eigenvalue weighted by atomic mass is 10.1. The van der Waals surface area contributed by atoms with Crippen molar-refractivity contribution in [1.82, 2.24) is 0 Å². The van der Waals surface area contributed by atoms with Crippen LogP contribution >= 0.6 is 56.7 Å². The van der Waals surface area contributed by atoms with Gasteiger partial charge in [0, 0.05) is 39.0 Å². The van der Waals surface area contributed by atoms with Gasteiger partial charge in [-0.3, -0.25) is 0 Å². The zero-order chi connectivity index (χ0) is 26.5. The fourth-order valence-electron chi connectivity index (χ4n) is 4.60. The molecule has 0 saturated heterocycles. The SMILES string of the molecule is CCCCCc1ccsc1-c1ccc(-c2ccc(-c3ccc(-c4sc(C(=O)O)cc4CCCCC)s3)s2)s1. The molecule has 38 heavy (non-hydrogen) atoms. The van der Waals surface area contributed by atoms with Gasteiger partial charge in [-0.05, 0) is 90.7 Å². The van der Waals surface area contributed by atoms with Crippen molar-refractivity contribution < 1.29 is 9.90 Å². The molecule has 0 atom stereocenters. The first-order chi connectivity index (χ1) is 18.6. The number of carboxylic acid groups (broad SMARTS) is 1. The summed E-state index contributed by atoms with van der Waals surface area (Å²) in [5.41, 5.74) is 2.67. The van der Waals surface area contributed by atoms with E-state index in [9.17, 15) is 9.90 Å². The fourth-order valence-corrected chi connectivity index (χ4v) is 10.1. The number of unbranched alkanes of at least 4 members (excludes halogenated alkanes) is 4. The van der Waals surface area contributed by atoms with Gasteiger partial charge in [-0.1, -0.05) is 39.5 Å². The molecule has 0 aliphatic carbocycles. The molecule has 0 saturated carbocycles. The highest BCUT2D eigenvalue weighted by Gasteiger charge is 2.18. The summed E-state index contributed by atoms with van der Waals surface area (Å²) < 4.78 is 0. The van der Waals surface area contributed by atoms with E-state index in [2.05, 4.69) is 61.7 Å². The molecule has 0 fully saturated rings. The maximum atomic E-state index is 11.7. The highest BCUT2D eigenvalue weighted by atomic mass is 32.1. The van der Waals surface area contributed by atoms with Crippen molar-refractivity contribution in [2.45, 2.75) is 65.2 Å². The van der Waals surface area contributed by atoms with Gasteiger partial charge in [0.05, 0.1) is 0 Å². The monoisotopic (exact) mass is 596 g/mol. The number of rotatable bonds is 13. The number of carboxylic acids is 1. The molecular weight excluding hydrogens is 565 g/mol. The maximum Gasteiger partial charge on any atom is 0.345 e. The van der Waals surface area contributed by atoms with E-state index in [0.29, 0.717) is 4.88 Å². The number of thiophene rings is 5. The first kappa shape index (κ1) is 27.5. The highest BCUT2D eigenvalue weighted by Crippen LogP contribution is 2.46. The number of carbonyl (C=O) groups is 1. The summed E-state index contributed by atoms with van der Waals surface area (Å²) in [7, 11) is 0. The molecule has 0 spiro atoms. The summed E-state index contributed by atoms with van der Waals surface area (Å²) >= 11 is 8.79. The van der Waals surface area contributed by atoms with Crippen LogP contribution in [0.25, 0.3) is 39.0 Å². The van der Waals surface area contributed by atoms with Gasteiger partial charge >= 0.3 is 5.97 Å². The minimum absolute atomic E-state index is 0.438. The van der Waals surface area contributed by atoms with E-state index in [1.807, 2.05) is 40.1 Å². The van der Waals surface area contributed by atoms with Crippen LogP contribution in [-0.2, 0) is 12.8 Å². The summed E-state index contributed by atoms with van der Waals surface area (Å²) in [6.45, 7) is 4.46. The van der Waals surface area contributed by atoms with Crippen molar-refractivity contribution >= 4 is 62.7 Å². The second-order valence-electron chi connectivity index (χ2n) is 9.45. The third kappa shape index (κ3) is 6.23. The van der Waals surface area contributed by atoms with E-state index in [-0.39, 0.29) is 0 Å². The Bertz CT molecular complexity index is 1490. The molecule has 5 aromatic heterocycles. The lowest BCUT2D eigenvalue weighted by Gasteiger charge is -2.01. The predicted molar refractivity (Wildman–Crippen MR) is 171 cm³/mol. The van der Waals surface area contributed by atoms with Crippen LogP contribution in [0.4, 0.5) is 0 Å². The summed E-state index contributed by atoms with van der Waals surface area (Å²) in [4.78, 5) is 22.3. The molecule has 0 aromatic carbocycles. The topological polar surface area (TPSA) is 37.3 Å². The molecule has 0 aliphatic heterocycles. The molecule has 198 valence electrons. The third-order valence-electron chi connectivity index (χ3n) is 6.62. The Labute approximate surface area is 245 Å². The first-order valence-electron chi connectivity index (χ1n) is 13.3. The molecule has 5 aromatic rings. The predicted octanol–water partition coefficient (Wildman–Crippen LogP) is 11.8. The molecular formula is C31H32O2S5. The van der Waals surface area contributed by atoms with E-state index in [4.69, 9.17) is 0 Å². The number of aryl methyl sites for hydroxylation is 2. The minimum Gasteiger partial charge on any atom is -0.477 e. The molecule has 0 bridgehead atoms. The van der Waals surface area contributed by atoms with Gasteiger partial charge in [-0.2, -0.15) is 0 Å². The summed E-state index contributed by atoms with van der Waals surface area (Å²) in [6.07, 6.45) is 9.35. The Morgan fingerprint density at radius 3 is 1.68 bits per heavy atom. The maximum absolute atomic E-state index is 11.7. The van der Waals surface area contributed by atoms with Crippen LogP contribution in [0.3, 0.4) is 0 Å². The van der Waals surface area contributed by atoms with Crippen LogP contribution in [0.1, 0.15) is 73.2 Å². The Morgan fingerprint density at radius 2 is 1.13 bits per heavy atom. The second kappa shape index (κ2) is 12.9. The molecule has 2 nitrogen and oxygen atoms in total. The average Bonchev–Trinajstić information content (AvgIpc) is 3.72. The molecule has 5 rings (SSSR count). The third-order valence-corrected chi connectivity index (χ3v) is 12.7. The first-order valence-corrected chi connectivity index (χ1v) is 17.4. The highest BCUT2D eigenvalue weighted by molar-refractivity contribution is 7.29. The number of aromatic carboxylic acids is 1. The Balaban J connectivity index is 1.35. The van der Waals surface area contributed by atoms with Crippen LogP contribution in [0.2, 0.25) is 0 Å². The molecule has 1 N–H and O–H groups in total. The lowest BCUT2D eigenvalue weighted by molar-refractivity contribution is 0.0702. The van der Waals surface area contributed by atoms with Crippen LogP contribution in [0.15, 0.2) is 53.9 Å². The van der Waals surface area contributed by atoms with Gasteiger partial charge in [0.1, 0.15) is 4.88 Å². The molecule has 5 heterocycles. The largest absolute Gasteiger partial charge is 0.477 e. The van der Waals surface area contributed by atoms with E-state index >= 15 is 0 Å². The van der Waals surface area contributed by atoms with Gasteiger partial charge in [0.2, 0.25) is 0 Å². The fraction of sp³-hybridized carbons (Fsp3) is 0.323. The quantitative estimate of drug-likeness (QED) is 0.137. The van der Waals surface area contributed by atoms with E-state index in [1.54, 1.807) is 11.3 Å². The van der Waals surface area contributed by atoms with E-state index in [0.717, 1.165) is 24.1 Å². The van der Waals surface area contributed by atoms with Gasteiger partial charge in [-0.15, -0.1) is 56.7 Å². The molecule has 0 aliphatic rings. The Morgan fingerprint density at radius 1 is 0.632 bits per heavy atom. The van der Waals surface area contributed by atoms with Crippen LogP contribution in [0.5, 0.6) is 0 Å². The van der Waals surface area contributed by atoms with Crippen molar-refractivity contribution in [3.05, 3.63) is 69.9 Å². The number of hydrogen-bond donors (Lipinski definition) is 1. The van der Waals surface area contributed by atoms with Gasteiger partial charge < -0.3 is 5.11 Å². The van der Waals surface area contributed by atoms with Crippen molar-refractivity contribution in [2.75, 3.05) is 0 Å². The van der Waals surface area contributed by atoms with Crippen molar-refractivity contribution in [3.63, 3.8) is 0 Å². The minimum atomic E-state index is -0.830. The Kier molecular flexibility index (Phi) is 9.33. The molecule has 0 radical (unpaired) electrons. The van der Waals surface area contributed by atoms with Crippen molar-refractivity contribution in [1.29, 1.82) is 0 Å². The lowest BCUT2D eigenvalue weighted by Crippen LogP contribution is -1.90.